The average Bonchev–Trinajstić information content (AvgIpc) is 2.65. The molecule has 0 saturated heterocycles. The predicted molar refractivity (Wildman–Crippen MR) is 97.7 cm³/mol. The van der Waals surface area contributed by atoms with Crippen LogP contribution in [0.3, 0.4) is 0 Å². The zero-order valence-electron chi connectivity index (χ0n) is 14.4. The summed E-state index contributed by atoms with van der Waals surface area (Å²) in [5.41, 5.74) is 0.783. The Bertz CT molecular complexity index is 717. The number of carbonyl (C=O) groups excluding carboxylic acids is 1. The summed E-state index contributed by atoms with van der Waals surface area (Å²) in [6, 6.07) is 13.1. The summed E-state index contributed by atoms with van der Waals surface area (Å²) in [5, 5.41) is 16.4. The quantitative estimate of drug-likeness (QED) is 0.384. The summed E-state index contributed by atoms with van der Waals surface area (Å²) in [7, 11) is 0. The standard InChI is InChI=1S/C18H21N3O5/c1-2-25-16-7-9-17(10-8-16)26-13-18(22)20-12-11-19-14-3-5-15(6-4-14)21(23)24/h3-10,19H,2,11-13H2,1H3,(H,20,22). The van der Waals surface area contributed by atoms with Gasteiger partial charge in [-0.05, 0) is 43.3 Å². The van der Waals surface area contributed by atoms with Gasteiger partial charge in [0, 0.05) is 30.9 Å². The molecule has 2 rings (SSSR count). The maximum atomic E-state index is 11.8. The zero-order valence-corrected chi connectivity index (χ0v) is 14.4. The number of nitro benzene ring substituents is 1. The maximum Gasteiger partial charge on any atom is 0.269 e. The third kappa shape index (κ3) is 6.31. The van der Waals surface area contributed by atoms with Crippen molar-refractivity contribution in [3.05, 3.63) is 58.6 Å². The number of ether oxygens (including phenoxy) is 2. The Morgan fingerprint density at radius 1 is 1.00 bits per heavy atom. The Labute approximate surface area is 151 Å². The monoisotopic (exact) mass is 359 g/mol. The summed E-state index contributed by atoms with van der Waals surface area (Å²) < 4.78 is 10.7. The highest BCUT2D eigenvalue weighted by Crippen LogP contribution is 2.17. The molecule has 0 aliphatic rings. The van der Waals surface area contributed by atoms with Gasteiger partial charge in [0.25, 0.3) is 11.6 Å². The van der Waals surface area contributed by atoms with Crippen LogP contribution >= 0.6 is 0 Å². The summed E-state index contributed by atoms with van der Waals surface area (Å²) in [4.78, 5) is 21.9. The van der Waals surface area contributed by atoms with Crippen LogP contribution in [0.15, 0.2) is 48.5 Å². The zero-order chi connectivity index (χ0) is 18.8. The molecule has 0 atom stereocenters. The molecule has 8 heteroatoms. The topological polar surface area (TPSA) is 103 Å². The van der Waals surface area contributed by atoms with Gasteiger partial charge in [-0.3, -0.25) is 14.9 Å². The van der Waals surface area contributed by atoms with Crippen LogP contribution in [-0.4, -0.2) is 37.1 Å². The lowest BCUT2D eigenvalue weighted by Gasteiger charge is -2.09. The number of amides is 1. The number of rotatable bonds is 10. The molecule has 26 heavy (non-hydrogen) atoms. The van der Waals surface area contributed by atoms with Gasteiger partial charge in [0.2, 0.25) is 0 Å². The van der Waals surface area contributed by atoms with Crippen molar-refractivity contribution in [2.45, 2.75) is 6.92 Å². The number of non-ortho nitro benzene ring substituents is 1. The minimum Gasteiger partial charge on any atom is -0.494 e. The second kappa shape index (κ2) is 9.87. The van der Waals surface area contributed by atoms with Crippen LogP contribution in [0.1, 0.15) is 6.92 Å². The molecule has 0 spiro atoms. The van der Waals surface area contributed by atoms with Crippen LogP contribution < -0.4 is 20.1 Å². The van der Waals surface area contributed by atoms with Crippen LogP contribution in [0.4, 0.5) is 11.4 Å². The minimum atomic E-state index is -0.450. The van der Waals surface area contributed by atoms with Gasteiger partial charge in [-0.2, -0.15) is 0 Å². The van der Waals surface area contributed by atoms with Crippen LogP contribution in [-0.2, 0) is 4.79 Å². The van der Waals surface area contributed by atoms with E-state index < -0.39 is 4.92 Å². The number of benzene rings is 2. The van der Waals surface area contributed by atoms with Gasteiger partial charge in [-0.15, -0.1) is 0 Å². The number of hydrogen-bond acceptors (Lipinski definition) is 6. The fourth-order valence-corrected chi connectivity index (χ4v) is 2.11. The number of hydrogen-bond donors (Lipinski definition) is 2. The number of anilines is 1. The number of carbonyl (C=O) groups is 1. The van der Waals surface area contributed by atoms with E-state index in [1.807, 2.05) is 6.92 Å². The van der Waals surface area contributed by atoms with Crippen molar-refractivity contribution >= 4 is 17.3 Å². The molecule has 2 aromatic carbocycles. The molecule has 1 amide bonds. The Balaban J connectivity index is 1.63. The largest absolute Gasteiger partial charge is 0.494 e. The molecule has 0 aliphatic heterocycles. The highest BCUT2D eigenvalue weighted by atomic mass is 16.6. The van der Waals surface area contributed by atoms with E-state index in [1.54, 1.807) is 36.4 Å². The lowest BCUT2D eigenvalue weighted by atomic mass is 10.3. The third-order valence-corrected chi connectivity index (χ3v) is 3.36. The molecule has 0 fully saturated rings. The molecule has 0 aliphatic carbocycles. The van der Waals surface area contributed by atoms with Crippen molar-refractivity contribution in [2.75, 3.05) is 31.6 Å². The fraction of sp³-hybridized carbons (Fsp3) is 0.278. The van der Waals surface area contributed by atoms with Gasteiger partial charge in [-0.25, -0.2) is 0 Å². The van der Waals surface area contributed by atoms with Crippen LogP contribution in [0, 0.1) is 10.1 Å². The van der Waals surface area contributed by atoms with E-state index in [2.05, 4.69) is 10.6 Å². The van der Waals surface area contributed by atoms with Gasteiger partial charge in [0.15, 0.2) is 6.61 Å². The van der Waals surface area contributed by atoms with E-state index in [0.717, 1.165) is 11.4 Å². The van der Waals surface area contributed by atoms with Crippen molar-refractivity contribution in [1.82, 2.24) is 5.32 Å². The molecular formula is C18H21N3O5. The van der Waals surface area contributed by atoms with Crippen molar-refractivity contribution < 1.29 is 19.2 Å². The van der Waals surface area contributed by atoms with Crippen molar-refractivity contribution in [3.63, 3.8) is 0 Å². The fourth-order valence-electron chi connectivity index (χ4n) is 2.11. The molecule has 0 heterocycles. The third-order valence-electron chi connectivity index (χ3n) is 3.36. The SMILES string of the molecule is CCOc1ccc(OCC(=O)NCCNc2ccc([N+](=O)[O-])cc2)cc1. The summed E-state index contributed by atoms with van der Waals surface area (Å²) >= 11 is 0. The lowest BCUT2D eigenvalue weighted by Crippen LogP contribution is -2.32. The normalized spacial score (nSPS) is 10.0. The molecule has 0 aromatic heterocycles. The van der Waals surface area contributed by atoms with Crippen molar-refractivity contribution in [2.24, 2.45) is 0 Å². The van der Waals surface area contributed by atoms with Crippen molar-refractivity contribution in [1.29, 1.82) is 0 Å². The smallest absolute Gasteiger partial charge is 0.269 e. The average molecular weight is 359 g/mol. The maximum absolute atomic E-state index is 11.8. The molecule has 0 radical (unpaired) electrons. The molecule has 0 bridgehead atoms. The summed E-state index contributed by atoms with van der Waals surface area (Å²) in [6.07, 6.45) is 0. The predicted octanol–water partition coefficient (Wildman–Crippen LogP) is 2.60. The Hall–Kier alpha value is -3.29. The van der Waals surface area contributed by atoms with E-state index in [-0.39, 0.29) is 18.2 Å². The number of nitrogens with one attached hydrogen (secondary N) is 2. The molecule has 0 unspecified atom stereocenters. The van der Waals surface area contributed by atoms with E-state index in [1.165, 1.54) is 12.1 Å². The Morgan fingerprint density at radius 3 is 2.19 bits per heavy atom. The lowest BCUT2D eigenvalue weighted by molar-refractivity contribution is -0.384. The molecule has 0 saturated carbocycles. The Morgan fingerprint density at radius 2 is 1.62 bits per heavy atom. The van der Waals surface area contributed by atoms with Gasteiger partial charge in [-0.1, -0.05) is 0 Å². The van der Waals surface area contributed by atoms with Gasteiger partial charge in [0.1, 0.15) is 11.5 Å². The van der Waals surface area contributed by atoms with Crippen LogP contribution in [0.25, 0.3) is 0 Å². The summed E-state index contributed by atoms with van der Waals surface area (Å²) in [5.74, 6) is 1.11. The van der Waals surface area contributed by atoms with E-state index in [9.17, 15) is 14.9 Å². The first-order valence-electron chi connectivity index (χ1n) is 8.19. The first-order chi connectivity index (χ1) is 12.6. The second-order valence-electron chi connectivity index (χ2n) is 5.27. The van der Waals surface area contributed by atoms with Gasteiger partial charge >= 0.3 is 0 Å². The summed E-state index contributed by atoms with van der Waals surface area (Å²) in [6.45, 7) is 3.32. The van der Waals surface area contributed by atoms with Crippen LogP contribution in [0.2, 0.25) is 0 Å². The molecule has 138 valence electrons. The molecule has 2 aromatic rings. The minimum absolute atomic E-state index is 0.0373. The van der Waals surface area contributed by atoms with E-state index >= 15 is 0 Å². The Kier molecular flexibility index (Phi) is 7.23. The highest BCUT2D eigenvalue weighted by molar-refractivity contribution is 5.77. The second-order valence-corrected chi connectivity index (χ2v) is 5.27. The molecule has 2 N–H and O–H groups in total. The van der Waals surface area contributed by atoms with Gasteiger partial charge in [0.05, 0.1) is 11.5 Å². The van der Waals surface area contributed by atoms with Crippen molar-refractivity contribution in [3.8, 4) is 11.5 Å². The molecular weight excluding hydrogens is 338 g/mol. The van der Waals surface area contributed by atoms with Gasteiger partial charge < -0.3 is 20.1 Å². The number of nitro groups is 1. The first-order valence-corrected chi connectivity index (χ1v) is 8.19. The van der Waals surface area contributed by atoms with E-state index in [4.69, 9.17) is 9.47 Å². The highest BCUT2D eigenvalue weighted by Gasteiger charge is 2.04. The number of nitrogens with zero attached hydrogens (tertiary/aromatic N) is 1. The first kappa shape index (κ1) is 19.0. The van der Waals surface area contributed by atoms with Crippen LogP contribution in [0.5, 0.6) is 11.5 Å². The van der Waals surface area contributed by atoms with E-state index in [0.29, 0.717) is 25.4 Å². The molecule has 8 nitrogen and oxygen atoms in total.